The van der Waals surface area contributed by atoms with Gasteiger partial charge in [-0.25, -0.2) is 4.57 Å². The summed E-state index contributed by atoms with van der Waals surface area (Å²) in [5, 5.41) is 0. The van der Waals surface area contributed by atoms with Crippen molar-refractivity contribution in [1.82, 2.24) is 0 Å². The van der Waals surface area contributed by atoms with Crippen LogP contribution in [0.2, 0.25) is 0 Å². The molecule has 0 amide bonds. The largest absolute Gasteiger partial charge is 0.524 e. The van der Waals surface area contributed by atoms with Crippen molar-refractivity contribution in [3.63, 3.8) is 0 Å². The first-order valence-corrected chi connectivity index (χ1v) is 8.98. The molecule has 3 rings (SSSR count). The van der Waals surface area contributed by atoms with Gasteiger partial charge in [0.2, 0.25) is 0 Å². The van der Waals surface area contributed by atoms with Crippen LogP contribution in [0.1, 0.15) is 0 Å². The molecule has 0 spiro atoms. The lowest BCUT2D eigenvalue weighted by Gasteiger charge is -2.18. The summed E-state index contributed by atoms with van der Waals surface area (Å²) in [6.45, 7) is 0. The predicted octanol–water partition coefficient (Wildman–Crippen LogP) is 3.66. The average Bonchev–Trinajstić information content (AvgIpc) is 2.55. The highest BCUT2D eigenvalue weighted by Gasteiger charge is 2.22. The fourth-order valence-electron chi connectivity index (χ4n) is 2.70. The molecule has 0 atom stereocenters. The first-order chi connectivity index (χ1) is 11.9. The molecular formula is C18H17N2O4P. The monoisotopic (exact) mass is 356 g/mol. The molecule has 0 aliphatic carbocycles. The van der Waals surface area contributed by atoms with Crippen molar-refractivity contribution in [3.05, 3.63) is 66.7 Å². The van der Waals surface area contributed by atoms with Gasteiger partial charge in [0.1, 0.15) is 5.75 Å². The Hall–Kier alpha value is -2.79. The van der Waals surface area contributed by atoms with Gasteiger partial charge in [-0.2, -0.15) is 0 Å². The lowest BCUT2D eigenvalue weighted by Crippen LogP contribution is -1.98. The summed E-state index contributed by atoms with van der Waals surface area (Å²) in [7, 11) is -4.75. The predicted molar refractivity (Wildman–Crippen MR) is 98.8 cm³/mol. The summed E-state index contributed by atoms with van der Waals surface area (Å²) in [5.41, 5.74) is 15.6. The zero-order chi connectivity index (χ0) is 18.0. The van der Waals surface area contributed by atoms with E-state index in [2.05, 4.69) is 0 Å². The first-order valence-electron chi connectivity index (χ1n) is 7.45. The number of hydrogen-bond acceptors (Lipinski definition) is 4. The molecule has 25 heavy (non-hydrogen) atoms. The molecule has 128 valence electrons. The Morgan fingerprint density at radius 1 is 0.720 bits per heavy atom. The number of rotatable bonds is 4. The van der Waals surface area contributed by atoms with E-state index in [-0.39, 0.29) is 5.75 Å². The SMILES string of the molecule is Nc1ccccc1-c1cccc(OP(=O)(O)O)c1-c1ccccc1N. The van der Waals surface area contributed by atoms with Gasteiger partial charge in [0.25, 0.3) is 0 Å². The highest BCUT2D eigenvalue weighted by Crippen LogP contribution is 2.47. The van der Waals surface area contributed by atoms with Crippen LogP contribution >= 0.6 is 7.82 Å². The number of nitrogens with two attached hydrogens (primary N) is 2. The minimum atomic E-state index is -4.75. The summed E-state index contributed by atoms with van der Waals surface area (Å²) >= 11 is 0. The van der Waals surface area contributed by atoms with Crippen molar-refractivity contribution in [2.75, 3.05) is 11.5 Å². The number of nitrogen functional groups attached to an aromatic ring is 2. The summed E-state index contributed by atoms with van der Waals surface area (Å²) < 4.78 is 16.3. The molecule has 0 radical (unpaired) electrons. The molecule has 0 bridgehead atoms. The molecule has 0 aliphatic heterocycles. The summed E-state index contributed by atoms with van der Waals surface area (Å²) in [4.78, 5) is 18.5. The zero-order valence-corrected chi connectivity index (χ0v) is 14.1. The van der Waals surface area contributed by atoms with Crippen molar-refractivity contribution < 1.29 is 18.9 Å². The van der Waals surface area contributed by atoms with Gasteiger partial charge in [-0.3, -0.25) is 9.79 Å². The lowest BCUT2D eigenvalue weighted by molar-refractivity contribution is 0.283. The lowest BCUT2D eigenvalue weighted by atomic mass is 9.92. The molecule has 3 aromatic carbocycles. The van der Waals surface area contributed by atoms with Crippen LogP contribution in [0.3, 0.4) is 0 Å². The Kier molecular flexibility index (Phi) is 4.51. The van der Waals surface area contributed by atoms with Crippen LogP contribution in [0.15, 0.2) is 66.7 Å². The Morgan fingerprint density at radius 2 is 1.24 bits per heavy atom. The van der Waals surface area contributed by atoms with Crippen molar-refractivity contribution in [2.24, 2.45) is 0 Å². The molecule has 6 N–H and O–H groups in total. The Morgan fingerprint density at radius 3 is 1.80 bits per heavy atom. The number of hydrogen-bond donors (Lipinski definition) is 4. The van der Waals surface area contributed by atoms with E-state index in [9.17, 15) is 14.4 Å². The van der Waals surface area contributed by atoms with Crippen molar-refractivity contribution >= 4 is 19.2 Å². The third kappa shape index (κ3) is 3.67. The van der Waals surface area contributed by atoms with Crippen molar-refractivity contribution in [1.29, 1.82) is 0 Å². The van der Waals surface area contributed by atoms with Crippen LogP contribution in [-0.4, -0.2) is 9.79 Å². The number of para-hydroxylation sites is 2. The zero-order valence-electron chi connectivity index (χ0n) is 13.2. The van der Waals surface area contributed by atoms with Crippen LogP contribution in [-0.2, 0) is 4.57 Å². The van der Waals surface area contributed by atoms with Gasteiger partial charge in [-0.15, -0.1) is 0 Å². The summed E-state index contributed by atoms with van der Waals surface area (Å²) in [6, 6.07) is 19.2. The molecule has 6 nitrogen and oxygen atoms in total. The second-order valence-corrected chi connectivity index (χ2v) is 6.60. The molecule has 7 heteroatoms. The molecule has 0 heterocycles. The van der Waals surface area contributed by atoms with Crippen LogP contribution in [0, 0.1) is 0 Å². The highest BCUT2D eigenvalue weighted by atomic mass is 31.2. The van der Waals surface area contributed by atoms with Gasteiger partial charge >= 0.3 is 7.82 Å². The second-order valence-electron chi connectivity index (χ2n) is 5.44. The summed E-state index contributed by atoms with van der Waals surface area (Å²) in [6.07, 6.45) is 0. The van der Waals surface area contributed by atoms with Gasteiger partial charge < -0.3 is 16.0 Å². The first kappa shape index (κ1) is 17.0. The Labute approximate surface area is 144 Å². The molecule has 0 fully saturated rings. The minimum Gasteiger partial charge on any atom is -0.404 e. The van der Waals surface area contributed by atoms with E-state index in [1.807, 2.05) is 18.2 Å². The van der Waals surface area contributed by atoms with Gasteiger partial charge in [0.05, 0.1) is 0 Å². The van der Waals surface area contributed by atoms with E-state index < -0.39 is 7.82 Å². The van der Waals surface area contributed by atoms with Gasteiger partial charge in [0.15, 0.2) is 0 Å². The van der Waals surface area contributed by atoms with E-state index in [1.165, 1.54) is 6.07 Å². The average molecular weight is 356 g/mol. The number of anilines is 2. The fourth-order valence-corrected chi connectivity index (χ4v) is 3.11. The highest BCUT2D eigenvalue weighted by molar-refractivity contribution is 7.46. The van der Waals surface area contributed by atoms with E-state index in [1.54, 1.807) is 42.5 Å². The molecule has 0 aliphatic rings. The molecule has 0 saturated heterocycles. The van der Waals surface area contributed by atoms with Gasteiger partial charge in [-0.05, 0) is 23.8 Å². The molecule has 0 aromatic heterocycles. The van der Waals surface area contributed by atoms with Crippen LogP contribution < -0.4 is 16.0 Å². The summed E-state index contributed by atoms with van der Waals surface area (Å²) in [5.74, 6) is 0.0342. The van der Waals surface area contributed by atoms with E-state index in [0.29, 0.717) is 28.1 Å². The van der Waals surface area contributed by atoms with Gasteiger partial charge in [-0.1, -0.05) is 48.5 Å². The molecule has 0 unspecified atom stereocenters. The fraction of sp³-hybridized carbons (Fsp3) is 0. The van der Waals surface area contributed by atoms with Crippen molar-refractivity contribution in [3.8, 4) is 28.0 Å². The maximum absolute atomic E-state index is 11.4. The van der Waals surface area contributed by atoms with Gasteiger partial charge in [0, 0.05) is 28.1 Å². The smallest absolute Gasteiger partial charge is 0.404 e. The van der Waals surface area contributed by atoms with E-state index in [0.717, 1.165) is 5.56 Å². The number of phosphoric ester groups is 1. The Bertz CT molecular complexity index is 969. The maximum atomic E-state index is 11.4. The van der Waals surface area contributed by atoms with Crippen LogP contribution in [0.4, 0.5) is 11.4 Å². The topological polar surface area (TPSA) is 119 Å². The number of benzene rings is 3. The third-order valence-electron chi connectivity index (χ3n) is 3.72. The van der Waals surface area contributed by atoms with Crippen LogP contribution in [0.25, 0.3) is 22.3 Å². The maximum Gasteiger partial charge on any atom is 0.524 e. The van der Waals surface area contributed by atoms with E-state index >= 15 is 0 Å². The number of phosphoric acid groups is 1. The third-order valence-corrected chi connectivity index (χ3v) is 4.16. The molecule has 3 aromatic rings. The normalized spacial score (nSPS) is 11.3. The minimum absolute atomic E-state index is 0.0342. The standard InChI is InChI=1S/C18H17N2O4P/c19-15-9-3-1-6-12(15)13-8-5-11-17(24-25(21,22)23)18(13)14-7-2-4-10-16(14)20/h1-11H,19-20H2,(H2,21,22,23). The van der Waals surface area contributed by atoms with Crippen LogP contribution in [0.5, 0.6) is 5.75 Å². The van der Waals surface area contributed by atoms with E-state index in [4.69, 9.17) is 16.0 Å². The molecule has 0 saturated carbocycles. The Balaban J connectivity index is 2.33. The quantitative estimate of drug-likeness (QED) is 0.418. The van der Waals surface area contributed by atoms with Crippen molar-refractivity contribution in [2.45, 2.75) is 0 Å². The molecular weight excluding hydrogens is 339 g/mol. The second kappa shape index (κ2) is 6.61.